The van der Waals surface area contributed by atoms with Crippen LogP contribution in [0.1, 0.15) is 213 Å². The Morgan fingerprint density at radius 2 is 0.528 bits per heavy atom. The maximum absolute atomic E-state index is 14.2. The molecule has 0 saturated carbocycles. The van der Waals surface area contributed by atoms with Gasteiger partial charge in [0.15, 0.2) is 20.2 Å². The first kappa shape index (κ1) is 58.5. The van der Waals surface area contributed by atoms with Gasteiger partial charge in [-0.25, -0.2) is 28.1 Å². The van der Waals surface area contributed by atoms with Crippen LogP contribution in [0.2, 0.25) is 0 Å². The Bertz CT molecular complexity index is 2460. The largest absolute Gasteiger partial charge is 0.507 e. The van der Waals surface area contributed by atoms with Gasteiger partial charge in [0.2, 0.25) is 0 Å². The Morgan fingerprint density at radius 1 is 0.375 bits per heavy atom. The molecule has 0 aliphatic carbocycles. The number of aromatic nitrogens is 3. The molecule has 72 heavy (non-hydrogen) atoms. The van der Waals surface area contributed by atoms with Gasteiger partial charge in [-0.3, -0.25) is 14.4 Å². The SMILES string of the molecule is CC(C(=O)OCn1c(=O)n(COC(=O)C(C)c2cc(C(C)(C)C)c(O)c(C(C)(C)C)c2)c(=O)n(COC(=O)C(C)c2cc(C(C)(C)C)c(O)c(C(C)(C)C)c2)c1=O)c1cc(C(C)(C)C)c(O)c(C(C)(C)C)c1. The van der Waals surface area contributed by atoms with Gasteiger partial charge in [0.1, 0.15) is 17.2 Å². The van der Waals surface area contributed by atoms with Crippen LogP contribution >= 0.6 is 0 Å². The third-order valence-electron chi connectivity index (χ3n) is 13.2. The predicted molar refractivity (Wildman–Crippen MR) is 279 cm³/mol. The summed E-state index contributed by atoms with van der Waals surface area (Å²) in [6.07, 6.45) is 0. The topological polar surface area (TPSA) is 206 Å². The molecule has 0 bridgehead atoms. The van der Waals surface area contributed by atoms with Crippen molar-refractivity contribution in [3.63, 3.8) is 0 Å². The van der Waals surface area contributed by atoms with Gasteiger partial charge in [0.25, 0.3) is 0 Å². The third-order valence-corrected chi connectivity index (χ3v) is 13.2. The second-order valence-electron chi connectivity index (χ2n) is 25.5. The van der Waals surface area contributed by atoms with Crippen molar-refractivity contribution in [2.45, 2.75) is 216 Å². The van der Waals surface area contributed by atoms with Gasteiger partial charge in [-0.05, 0) is 103 Å². The summed E-state index contributed by atoms with van der Waals surface area (Å²) in [6.45, 7) is 36.6. The lowest BCUT2D eigenvalue weighted by molar-refractivity contribution is -0.149. The van der Waals surface area contributed by atoms with Gasteiger partial charge < -0.3 is 29.5 Å². The monoisotopic (exact) mass is 1000 g/mol. The number of esters is 3. The second-order valence-corrected chi connectivity index (χ2v) is 25.5. The molecule has 15 heteroatoms. The van der Waals surface area contributed by atoms with Crippen LogP contribution in [0.5, 0.6) is 17.2 Å². The summed E-state index contributed by atoms with van der Waals surface area (Å²) >= 11 is 0. The number of rotatable bonds is 12. The highest BCUT2D eigenvalue weighted by Crippen LogP contribution is 2.44. The Hall–Kier alpha value is -6.12. The number of phenols is 3. The zero-order valence-electron chi connectivity index (χ0n) is 46.7. The first-order valence-electron chi connectivity index (χ1n) is 24.6. The lowest BCUT2D eigenvalue weighted by atomic mass is 9.77. The quantitative estimate of drug-likeness (QED) is 0.0896. The molecular formula is C57H81N3O12. The fourth-order valence-electron chi connectivity index (χ4n) is 8.33. The number of hydrogen-bond acceptors (Lipinski definition) is 12. The maximum atomic E-state index is 14.2. The zero-order valence-corrected chi connectivity index (χ0v) is 46.7. The molecular weight excluding hydrogens is 919 g/mol. The van der Waals surface area contributed by atoms with Crippen LogP contribution in [0.4, 0.5) is 0 Å². The first-order valence-corrected chi connectivity index (χ1v) is 24.6. The molecule has 0 saturated heterocycles. The molecule has 0 radical (unpaired) electrons. The molecule has 0 aliphatic heterocycles. The van der Waals surface area contributed by atoms with Crippen molar-refractivity contribution in [1.82, 2.24) is 13.7 Å². The number of benzene rings is 3. The first-order chi connectivity index (χ1) is 32.5. The van der Waals surface area contributed by atoms with Gasteiger partial charge in [-0.15, -0.1) is 0 Å². The number of aromatic hydroxyl groups is 3. The molecule has 0 aliphatic rings. The van der Waals surface area contributed by atoms with Crippen LogP contribution in [0.25, 0.3) is 0 Å². The molecule has 0 spiro atoms. The fraction of sp³-hybridized carbons (Fsp3) is 0.579. The normalized spacial score (nSPS) is 14.1. The minimum atomic E-state index is -1.28. The van der Waals surface area contributed by atoms with Crippen LogP contribution in [0.3, 0.4) is 0 Å². The summed E-state index contributed by atoms with van der Waals surface area (Å²) in [5.41, 5.74) is -1.74. The van der Waals surface area contributed by atoms with Crippen molar-refractivity contribution in [3.8, 4) is 17.2 Å². The van der Waals surface area contributed by atoms with Gasteiger partial charge in [-0.2, -0.15) is 0 Å². The van der Waals surface area contributed by atoms with Crippen LogP contribution in [0, 0.1) is 0 Å². The molecule has 0 amide bonds. The van der Waals surface area contributed by atoms with E-state index in [1.54, 1.807) is 57.2 Å². The zero-order chi connectivity index (χ0) is 55.3. The molecule has 3 atom stereocenters. The Kier molecular flexibility index (Phi) is 16.6. The number of nitrogens with zero attached hydrogens (tertiary/aromatic N) is 3. The molecule has 396 valence electrons. The second kappa shape index (κ2) is 20.4. The average Bonchev–Trinajstić information content (AvgIpc) is 3.22. The van der Waals surface area contributed by atoms with Crippen molar-refractivity contribution in [3.05, 3.63) is 118 Å². The van der Waals surface area contributed by atoms with Gasteiger partial charge >= 0.3 is 35.0 Å². The number of phenolic OH excluding ortho intramolecular Hbond substituents is 3. The van der Waals surface area contributed by atoms with E-state index in [9.17, 15) is 44.1 Å². The van der Waals surface area contributed by atoms with Crippen molar-refractivity contribution >= 4 is 17.9 Å². The summed E-state index contributed by atoms with van der Waals surface area (Å²) in [5, 5.41) is 33.9. The Labute approximate surface area is 425 Å². The molecule has 3 aromatic carbocycles. The standard InChI is InChI=1S/C57H81N3O12/c1-31(34-22-37(52(4,5)6)43(61)38(23-34)53(7,8)9)46(64)70-28-58-49(67)59(29-71-47(65)32(2)35-24-39(54(10,11)12)44(62)40(25-35)55(13,14)15)51(69)60(50(58)68)30-72-48(66)33(3)36-26-41(56(16,17)18)45(63)42(27-36)57(19,20)21/h22-27,31-33,61-63H,28-30H2,1-21H3. The number of carbonyl (C=O) groups is 3. The summed E-state index contributed by atoms with van der Waals surface area (Å²) in [4.78, 5) is 84.2. The molecule has 1 aromatic heterocycles. The smallest absolute Gasteiger partial charge is 0.341 e. The van der Waals surface area contributed by atoms with Gasteiger partial charge in [0.05, 0.1) is 17.8 Å². The van der Waals surface area contributed by atoms with Crippen molar-refractivity contribution in [2.24, 2.45) is 0 Å². The number of carbonyl (C=O) groups excluding carboxylic acids is 3. The van der Waals surface area contributed by atoms with E-state index in [1.807, 2.05) is 125 Å². The summed E-state index contributed by atoms with van der Waals surface area (Å²) < 4.78 is 18.3. The van der Waals surface area contributed by atoms with Crippen LogP contribution in [-0.4, -0.2) is 46.9 Å². The van der Waals surface area contributed by atoms with Crippen LogP contribution in [0.15, 0.2) is 50.8 Å². The maximum Gasteiger partial charge on any atom is 0.341 e. The van der Waals surface area contributed by atoms with Crippen LogP contribution in [-0.2, 0) is 81.3 Å². The summed E-state index contributed by atoms with van der Waals surface area (Å²) in [7, 11) is 0. The highest BCUT2D eigenvalue weighted by Gasteiger charge is 2.33. The van der Waals surface area contributed by atoms with E-state index in [2.05, 4.69) is 0 Å². The lowest BCUT2D eigenvalue weighted by Crippen LogP contribution is -2.55. The third kappa shape index (κ3) is 12.7. The molecule has 0 fully saturated rings. The van der Waals surface area contributed by atoms with E-state index in [0.29, 0.717) is 63.8 Å². The summed E-state index contributed by atoms with van der Waals surface area (Å²) in [5.74, 6) is -5.08. The van der Waals surface area contributed by atoms with E-state index in [-0.39, 0.29) is 17.2 Å². The van der Waals surface area contributed by atoms with Crippen molar-refractivity contribution < 1.29 is 43.9 Å². The lowest BCUT2D eigenvalue weighted by Gasteiger charge is -2.29. The van der Waals surface area contributed by atoms with E-state index in [0.717, 1.165) is 0 Å². The molecule has 3 unspecified atom stereocenters. The van der Waals surface area contributed by atoms with Crippen molar-refractivity contribution in [1.29, 1.82) is 0 Å². The van der Waals surface area contributed by atoms with E-state index in [1.165, 1.54) is 0 Å². The highest BCUT2D eigenvalue weighted by molar-refractivity contribution is 5.79. The molecule has 1 heterocycles. The van der Waals surface area contributed by atoms with E-state index in [4.69, 9.17) is 14.2 Å². The number of ether oxygens (including phenoxy) is 3. The van der Waals surface area contributed by atoms with Gasteiger partial charge in [-0.1, -0.05) is 161 Å². The molecule has 4 rings (SSSR count). The van der Waals surface area contributed by atoms with E-state index < -0.39 is 105 Å². The summed E-state index contributed by atoms with van der Waals surface area (Å²) in [6, 6.07) is 10.3. The van der Waals surface area contributed by atoms with Crippen molar-refractivity contribution in [2.75, 3.05) is 0 Å². The molecule has 3 N–H and O–H groups in total. The fourth-order valence-corrected chi connectivity index (χ4v) is 8.33. The predicted octanol–water partition coefficient (Wildman–Crippen LogP) is 9.99. The minimum Gasteiger partial charge on any atom is -0.507 e. The number of hydrogen-bond donors (Lipinski definition) is 3. The highest BCUT2D eigenvalue weighted by atomic mass is 16.6. The Balaban J connectivity index is 1.80. The van der Waals surface area contributed by atoms with Crippen LogP contribution < -0.4 is 17.1 Å². The Morgan fingerprint density at radius 3 is 0.667 bits per heavy atom. The van der Waals surface area contributed by atoms with Gasteiger partial charge in [0, 0.05) is 0 Å². The van der Waals surface area contributed by atoms with E-state index >= 15 is 0 Å². The molecule has 4 aromatic rings. The average molecular weight is 1000 g/mol. The molecule has 15 nitrogen and oxygen atoms in total. The minimum absolute atomic E-state index is 0.110.